The molecule has 4 N–H and O–H groups in total. The first kappa shape index (κ1) is 82.4. The first-order chi connectivity index (χ1) is 58.5. The van der Waals surface area contributed by atoms with Crippen LogP contribution in [0, 0.1) is 65.8 Å². The van der Waals surface area contributed by atoms with Crippen molar-refractivity contribution in [1.29, 1.82) is 0 Å². The van der Waals surface area contributed by atoms with Gasteiger partial charge in [-0.25, -0.2) is 17.6 Å². The molecule has 0 aliphatic rings. The number of phenolic OH excluding ortho intramolecular Hbond substituents is 4. The molecule has 4 aromatic heterocycles. The van der Waals surface area contributed by atoms with Crippen LogP contribution in [-0.4, -0.2) is 65.1 Å². The van der Waals surface area contributed by atoms with Crippen LogP contribution >= 0.6 is 0 Å². The number of ether oxygens (including phenoxy) is 4. The molecule has 0 amide bonds. The third-order valence-corrected chi connectivity index (χ3v) is 22.3. The number of hydrogen-bond acceptors (Lipinski definition) is 8. The number of fused-ring (bicyclic) bond motifs is 12. The van der Waals surface area contributed by atoms with E-state index in [9.17, 15) is 20.4 Å². The maximum atomic E-state index is 15.0. The Kier molecular flexibility index (Phi) is 22.8. The van der Waals surface area contributed by atoms with Crippen molar-refractivity contribution in [3.63, 3.8) is 0 Å². The van der Waals surface area contributed by atoms with Crippen LogP contribution in [0.4, 0.5) is 17.6 Å². The van der Waals surface area contributed by atoms with Gasteiger partial charge in [0.15, 0.2) is 0 Å². The van der Waals surface area contributed by atoms with Gasteiger partial charge >= 0.3 is 26.2 Å². The summed E-state index contributed by atoms with van der Waals surface area (Å²) in [4.78, 5) is 0. The zero-order valence-electron chi connectivity index (χ0n) is 68.1. The number of aromatic nitrogens is 4. The number of aryl methyl sites for hydroxylation is 4. The van der Waals surface area contributed by atoms with E-state index in [-0.39, 0.29) is 90.5 Å². The summed E-state index contributed by atoms with van der Waals surface area (Å²) in [5.74, 6) is -0.627. The van der Waals surface area contributed by atoms with Crippen LogP contribution in [0.2, 0.25) is 0 Å². The molecule has 0 saturated carbocycles. The van der Waals surface area contributed by atoms with Crippen molar-refractivity contribution in [2.45, 2.75) is 27.7 Å². The number of benzene rings is 16. The fraction of sp³-hybridized carbons (Fsp3) is 0.0755. The van der Waals surface area contributed by atoms with Gasteiger partial charge < -0.3 is 72.5 Å². The van der Waals surface area contributed by atoms with Gasteiger partial charge in [0.05, 0.1) is 66.9 Å². The van der Waals surface area contributed by atoms with Crippen LogP contribution in [0.25, 0.3) is 154 Å². The van der Waals surface area contributed by atoms with Gasteiger partial charge in [-0.05, 0) is 220 Å². The third-order valence-electron chi connectivity index (χ3n) is 22.3. The van der Waals surface area contributed by atoms with Crippen LogP contribution in [0.15, 0.2) is 315 Å². The predicted molar refractivity (Wildman–Crippen MR) is 485 cm³/mol. The molecule has 17 heteroatoms. The van der Waals surface area contributed by atoms with E-state index in [1.54, 1.807) is 0 Å². The Morgan fingerprint density at radius 1 is 0.220 bits per heavy atom. The van der Waals surface area contributed by atoms with Crippen molar-refractivity contribution in [3.05, 3.63) is 376 Å². The standard InChI is InChI=1S/2C52H38F2N2O4.2CH3.Zr/c2*1-31-25-41(51(57)47(27-31)55-43-15-7-3-11-35(43)36-12-4-8-16-44(36)55)39-29-33(53)19-21-49(39)59-23-24-60-50-22-20-34(54)30-40(50)42-26-32(2)28-48(52(42)58)56-45-17-9-5-13-37(45)38-14-6-10-18-46(38)56;;;/h2*3-22,25-30,57-58H,23-24H2,1-2H3;2*1H3;/q;;2*-1;+2. The monoisotopic (exact) mass is 1700 g/mol. The van der Waals surface area contributed by atoms with E-state index in [4.69, 9.17) is 18.9 Å². The Labute approximate surface area is 726 Å². The molecule has 0 aliphatic heterocycles. The third kappa shape index (κ3) is 15.0. The molecule has 20 aromatic rings. The number of halogens is 4. The van der Waals surface area contributed by atoms with E-state index in [1.807, 2.05) is 240 Å². The number of rotatable bonds is 18. The molecule has 606 valence electrons. The first-order valence-electron chi connectivity index (χ1n) is 39.5. The second-order valence-corrected chi connectivity index (χ2v) is 30.2. The molecule has 20 rings (SSSR count). The summed E-state index contributed by atoms with van der Waals surface area (Å²) in [6, 6.07) is 96.1. The molecule has 0 saturated heterocycles. The number of para-hydroxylation sites is 8. The van der Waals surface area contributed by atoms with E-state index in [0.717, 1.165) is 109 Å². The summed E-state index contributed by atoms with van der Waals surface area (Å²) >= 11 is 0. The van der Waals surface area contributed by atoms with Gasteiger partial charge in [-0.2, -0.15) is 0 Å². The summed E-state index contributed by atoms with van der Waals surface area (Å²) in [6.07, 6.45) is 0. The molecular weight excluding hydrogens is 1620 g/mol. The number of aromatic hydroxyl groups is 4. The van der Waals surface area contributed by atoms with Crippen LogP contribution < -0.4 is 18.9 Å². The van der Waals surface area contributed by atoms with Gasteiger partial charge in [0.1, 0.15) is 95.7 Å². The second-order valence-electron chi connectivity index (χ2n) is 30.2. The largest absolute Gasteiger partial charge is 2.00 e. The molecule has 0 unspecified atom stereocenters. The normalized spacial score (nSPS) is 11.3. The maximum absolute atomic E-state index is 15.0. The van der Waals surface area contributed by atoms with Gasteiger partial charge in [-0.1, -0.05) is 146 Å². The molecule has 0 spiro atoms. The van der Waals surface area contributed by atoms with E-state index in [1.165, 1.54) is 72.8 Å². The zero-order valence-corrected chi connectivity index (χ0v) is 70.5. The quantitative estimate of drug-likeness (QED) is 0.0379. The molecule has 12 nitrogen and oxygen atoms in total. The van der Waals surface area contributed by atoms with Crippen molar-refractivity contribution in [2.24, 2.45) is 0 Å². The number of hydrogen-bond donors (Lipinski definition) is 4. The SMILES string of the molecule is Cc1cc(-c2cc(F)ccc2OCCOc2ccc(F)cc2-c2cc(C)cc(-n3c4ccccc4c4ccccc43)c2O)c(O)c(-n2c3ccccc3c3ccccc32)c1.Cc1cc(-c2cc(F)ccc2OCCOc2ccc(F)cc2-c2cc(C)cc(-n3c4ccccc4c4ccccc43)c2O)c(O)c(-n2c3ccccc3c3ccccc32)c1.[CH3-].[CH3-].[Zr+2]. The van der Waals surface area contributed by atoms with Gasteiger partial charge in [0, 0.05) is 87.6 Å². The molecule has 0 aliphatic carbocycles. The van der Waals surface area contributed by atoms with Gasteiger partial charge in [0.25, 0.3) is 0 Å². The van der Waals surface area contributed by atoms with Crippen LogP contribution in [0.5, 0.6) is 46.0 Å². The fourth-order valence-corrected chi connectivity index (χ4v) is 17.2. The molecule has 4 heterocycles. The first-order valence-corrected chi connectivity index (χ1v) is 39.5. The second kappa shape index (κ2) is 34.1. The minimum Gasteiger partial charge on any atom is -0.505 e. The van der Waals surface area contributed by atoms with E-state index < -0.39 is 23.3 Å². The van der Waals surface area contributed by atoms with Crippen molar-refractivity contribution in [2.75, 3.05) is 26.4 Å². The maximum Gasteiger partial charge on any atom is 2.00 e. The molecule has 0 atom stereocenters. The minimum absolute atomic E-state index is 0. The fourth-order valence-electron chi connectivity index (χ4n) is 17.2. The zero-order chi connectivity index (χ0) is 82.1. The predicted octanol–water partition coefficient (Wildman–Crippen LogP) is 26.9. The molecule has 0 radical (unpaired) electrons. The van der Waals surface area contributed by atoms with Crippen LogP contribution in [0.1, 0.15) is 22.3 Å². The van der Waals surface area contributed by atoms with Crippen molar-refractivity contribution < 1.29 is 83.1 Å². The summed E-state index contributed by atoms with van der Waals surface area (Å²) in [7, 11) is 0. The molecule has 0 fully saturated rings. The van der Waals surface area contributed by atoms with Gasteiger partial charge in [-0.3, -0.25) is 0 Å². The van der Waals surface area contributed by atoms with Crippen LogP contribution in [0.3, 0.4) is 0 Å². The van der Waals surface area contributed by atoms with Gasteiger partial charge in [-0.15, -0.1) is 0 Å². The summed E-state index contributed by atoms with van der Waals surface area (Å²) in [5.41, 5.74) is 16.3. The topological polar surface area (TPSA) is 138 Å². The Hall–Kier alpha value is -14.3. The van der Waals surface area contributed by atoms with Crippen LogP contribution in [-0.2, 0) is 26.2 Å². The molecule has 16 aromatic carbocycles. The molecule has 0 bridgehead atoms. The summed E-state index contributed by atoms with van der Waals surface area (Å²) in [6.45, 7) is 7.89. The van der Waals surface area contributed by atoms with Crippen molar-refractivity contribution in [1.82, 2.24) is 18.3 Å². The van der Waals surface area contributed by atoms with Crippen molar-refractivity contribution >= 4 is 87.2 Å². The Morgan fingerprint density at radius 2 is 0.382 bits per heavy atom. The van der Waals surface area contributed by atoms with Gasteiger partial charge in [0.2, 0.25) is 0 Å². The van der Waals surface area contributed by atoms with E-state index in [0.29, 0.717) is 90.3 Å². The van der Waals surface area contributed by atoms with E-state index >= 15 is 17.6 Å². The Bertz CT molecular complexity index is 6420. The van der Waals surface area contributed by atoms with Crippen molar-refractivity contribution in [3.8, 4) is 113 Å². The number of nitrogens with zero attached hydrogens (tertiary/aromatic N) is 4. The minimum atomic E-state index is -0.484. The molecular formula is C106H82F4N4O8Zr. The average Bonchev–Trinajstić information content (AvgIpc) is 1.60. The Morgan fingerprint density at radius 3 is 0.553 bits per heavy atom. The summed E-state index contributed by atoms with van der Waals surface area (Å²) < 4.78 is 93.2. The van der Waals surface area contributed by atoms with E-state index in [2.05, 4.69) is 48.5 Å². The smallest absolute Gasteiger partial charge is 0.505 e. The summed E-state index contributed by atoms with van der Waals surface area (Å²) in [5, 5.41) is 56.4. The molecule has 123 heavy (non-hydrogen) atoms. The Balaban J connectivity index is 0.000000178. The average molecular weight is 1710 g/mol. The number of phenols is 4.